The van der Waals surface area contributed by atoms with Crippen LogP contribution in [0.5, 0.6) is 11.5 Å². The van der Waals surface area contributed by atoms with E-state index in [9.17, 15) is 0 Å². The number of rotatable bonds is 3. The first-order chi connectivity index (χ1) is 8.97. The van der Waals surface area contributed by atoms with Gasteiger partial charge in [0.15, 0.2) is 0 Å². The molecule has 0 spiro atoms. The molecule has 0 heterocycles. The van der Waals surface area contributed by atoms with Crippen molar-refractivity contribution in [3.63, 3.8) is 0 Å². The van der Waals surface area contributed by atoms with Crippen molar-refractivity contribution in [1.29, 1.82) is 0 Å². The molecular weight excluding hydrogens is 349 g/mol. The molecule has 100 valence electrons. The molecule has 2 aromatic rings. The number of ether oxygens (including phenoxy) is 1. The first kappa shape index (κ1) is 14.7. The normalized spacial score (nSPS) is 12.3. The van der Waals surface area contributed by atoms with Crippen LogP contribution in [0.3, 0.4) is 0 Å². The standard InChI is InChI=1S/C14H12BrCl2NO/c1-8(18)11-4-3-10(7-12(11)15)19-14-5-2-9(16)6-13(14)17/h2-8H,18H2,1H3/t8-/m0/s1. The fraction of sp³-hybridized carbons (Fsp3) is 0.143. The zero-order chi connectivity index (χ0) is 14.0. The highest BCUT2D eigenvalue weighted by molar-refractivity contribution is 9.10. The molecule has 19 heavy (non-hydrogen) atoms. The van der Waals surface area contributed by atoms with Gasteiger partial charge in [-0.15, -0.1) is 0 Å². The molecule has 0 aliphatic carbocycles. The molecule has 0 amide bonds. The second kappa shape index (κ2) is 6.14. The van der Waals surface area contributed by atoms with Crippen molar-refractivity contribution in [2.75, 3.05) is 0 Å². The summed E-state index contributed by atoms with van der Waals surface area (Å²) >= 11 is 15.4. The predicted molar refractivity (Wildman–Crippen MR) is 83.3 cm³/mol. The van der Waals surface area contributed by atoms with E-state index in [-0.39, 0.29) is 6.04 Å². The van der Waals surface area contributed by atoms with Crippen LogP contribution in [0.25, 0.3) is 0 Å². The van der Waals surface area contributed by atoms with Gasteiger partial charge in [-0.05, 0) is 42.8 Å². The molecule has 2 rings (SSSR count). The maximum absolute atomic E-state index is 6.06. The van der Waals surface area contributed by atoms with Crippen LogP contribution in [0.2, 0.25) is 10.0 Å². The lowest BCUT2D eigenvalue weighted by Crippen LogP contribution is -2.05. The molecule has 2 aromatic carbocycles. The molecule has 2 N–H and O–H groups in total. The summed E-state index contributed by atoms with van der Waals surface area (Å²) in [5.74, 6) is 1.24. The SMILES string of the molecule is C[C@H](N)c1ccc(Oc2ccc(Cl)cc2Cl)cc1Br. The van der Waals surface area contributed by atoms with E-state index in [1.807, 2.05) is 25.1 Å². The molecule has 0 saturated carbocycles. The van der Waals surface area contributed by atoms with Gasteiger partial charge in [0.05, 0.1) is 5.02 Å². The van der Waals surface area contributed by atoms with Crippen molar-refractivity contribution in [3.05, 3.63) is 56.5 Å². The second-order valence-corrected chi connectivity index (χ2v) is 5.85. The highest BCUT2D eigenvalue weighted by Crippen LogP contribution is 2.34. The van der Waals surface area contributed by atoms with Crippen molar-refractivity contribution in [2.24, 2.45) is 5.73 Å². The van der Waals surface area contributed by atoms with Crippen molar-refractivity contribution >= 4 is 39.1 Å². The average molecular weight is 361 g/mol. The minimum Gasteiger partial charge on any atom is -0.456 e. The van der Waals surface area contributed by atoms with Gasteiger partial charge in [-0.25, -0.2) is 0 Å². The van der Waals surface area contributed by atoms with Crippen LogP contribution in [-0.2, 0) is 0 Å². The average Bonchev–Trinajstić information content (AvgIpc) is 2.32. The lowest BCUT2D eigenvalue weighted by Gasteiger charge is -2.12. The molecule has 0 unspecified atom stereocenters. The van der Waals surface area contributed by atoms with Gasteiger partial charge in [0.1, 0.15) is 11.5 Å². The molecule has 0 aromatic heterocycles. The molecular formula is C14H12BrCl2NO. The van der Waals surface area contributed by atoms with Gasteiger partial charge < -0.3 is 10.5 Å². The Hall–Kier alpha value is -0.740. The van der Waals surface area contributed by atoms with Gasteiger partial charge in [0, 0.05) is 15.5 Å². The van der Waals surface area contributed by atoms with E-state index in [1.54, 1.807) is 18.2 Å². The van der Waals surface area contributed by atoms with Crippen LogP contribution in [-0.4, -0.2) is 0 Å². The van der Waals surface area contributed by atoms with Gasteiger partial charge >= 0.3 is 0 Å². The molecule has 0 aliphatic heterocycles. The third-order valence-corrected chi connectivity index (χ3v) is 3.80. The van der Waals surface area contributed by atoms with Crippen molar-refractivity contribution in [1.82, 2.24) is 0 Å². The van der Waals surface area contributed by atoms with Gasteiger partial charge in [0.25, 0.3) is 0 Å². The zero-order valence-corrected chi connectivity index (χ0v) is 13.3. The molecule has 0 radical (unpaired) electrons. The molecule has 0 aliphatic rings. The molecule has 0 bridgehead atoms. The predicted octanol–water partition coefficient (Wildman–Crippen LogP) is 5.57. The number of nitrogens with two attached hydrogens (primary N) is 1. The summed E-state index contributed by atoms with van der Waals surface area (Å²) in [6.07, 6.45) is 0. The molecule has 0 fully saturated rings. The summed E-state index contributed by atoms with van der Waals surface area (Å²) in [7, 11) is 0. The van der Waals surface area contributed by atoms with E-state index in [0.29, 0.717) is 21.5 Å². The van der Waals surface area contributed by atoms with Gasteiger partial charge in [0.2, 0.25) is 0 Å². The summed E-state index contributed by atoms with van der Waals surface area (Å²) in [5, 5.41) is 1.05. The minimum absolute atomic E-state index is 0.0393. The maximum Gasteiger partial charge on any atom is 0.146 e. The van der Waals surface area contributed by atoms with E-state index < -0.39 is 0 Å². The Morgan fingerprint density at radius 1 is 1.16 bits per heavy atom. The van der Waals surface area contributed by atoms with E-state index in [1.165, 1.54) is 0 Å². The zero-order valence-electron chi connectivity index (χ0n) is 10.2. The topological polar surface area (TPSA) is 35.2 Å². The van der Waals surface area contributed by atoms with Crippen molar-refractivity contribution < 1.29 is 4.74 Å². The van der Waals surface area contributed by atoms with Gasteiger partial charge in [-0.3, -0.25) is 0 Å². The fourth-order valence-electron chi connectivity index (χ4n) is 1.63. The smallest absolute Gasteiger partial charge is 0.146 e. The summed E-state index contributed by atoms with van der Waals surface area (Å²) in [6, 6.07) is 10.7. The highest BCUT2D eigenvalue weighted by Gasteiger charge is 2.08. The van der Waals surface area contributed by atoms with Crippen LogP contribution in [0, 0.1) is 0 Å². The Labute approximate surface area is 130 Å². The Bertz CT molecular complexity index is 602. The Morgan fingerprint density at radius 3 is 2.47 bits per heavy atom. The summed E-state index contributed by atoms with van der Waals surface area (Å²) < 4.78 is 6.63. The van der Waals surface area contributed by atoms with Crippen LogP contribution < -0.4 is 10.5 Å². The lowest BCUT2D eigenvalue weighted by molar-refractivity contribution is 0.482. The largest absolute Gasteiger partial charge is 0.456 e. The van der Waals surface area contributed by atoms with Crippen LogP contribution >= 0.6 is 39.1 Å². The number of hydrogen-bond acceptors (Lipinski definition) is 2. The monoisotopic (exact) mass is 359 g/mol. The van der Waals surface area contributed by atoms with Gasteiger partial charge in [-0.1, -0.05) is 45.2 Å². The minimum atomic E-state index is -0.0393. The maximum atomic E-state index is 6.06. The molecule has 0 saturated heterocycles. The van der Waals surface area contributed by atoms with Crippen LogP contribution in [0.4, 0.5) is 0 Å². The summed E-state index contributed by atoms with van der Waals surface area (Å²) in [5.41, 5.74) is 6.87. The number of halogens is 3. The highest BCUT2D eigenvalue weighted by atomic mass is 79.9. The molecule has 2 nitrogen and oxygen atoms in total. The first-order valence-electron chi connectivity index (χ1n) is 5.65. The number of benzene rings is 2. The van der Waals surface area contributed by atoms with Crippen LogP contribution in [0.15, 0.2) is 40.9 Å². The third-order valence-electron chi connectivity index (χ3n) is 2.58. The lowest BCUT2D eigenvalue weighted by atomic mass is 10.1. The molecule has 5 heteroatoms. The van der Waals surface area contributed by atoms with E-state index >= 15 is 0 Å². The molecule has 1 atom stereocenters. The fourth-order valence-corrected chi connectivity index (χ4v) is 2.79. The van der Waals surface area contributed by atoms with Crippen molar-refractivity contribution in [2.45, 2.75) is 13.0 Å². The quantitative estimate of drug-likeness (QED) is 0.776. The number of hydrogen-bond donors (Lipinski definition) is 1. The van der Waals surface area contributed by atoms with E-state index in [2.05, 4.69) is 15.9 Å². The van der Waals surface area contributed by atoms with Crippen molar-refractivity contribution in [3.8, 4) is 11.5 Å². The first-order valence-corrected chi connectivity index (χ1v) is 7.20. The Balaban J connectivity index is 2.26. The van der Waals surface area contributed by atoms with Gasteiger partial charge in [-0.2, -0.15) is 0 Å². The van der Waals surface area contributed by atoms with E-state index in [0.717, 1.165) is 10.0 Å². The second-order valence-electron chi connectivity index (χ2n) is 4.15. The summed E-state index contributed by atoms with van der Waals surface area (Å²) in [4.78, 5) is 0. The van der Waals surface area contributed by atoms with E-state index in [4.69, 9.17) is 33.7 Å². The van der Waals surface area contributed by atoms with Crippen LogP contribution in [0.1, 0.15) is 18.5 Å². The Kier molecular flexibility index (Phi) is 4.74. The summed E-state index contributed by atoms with van der Waals surface area (Å²) in [6.45, 7) is 1.93. The third kappa shape index (κ3) is 3.63. The Morgan fingerprint density at radius 2 is 1.89 bits per heavy atom.